The molecule has 0 radical (unpaired) electrons. The Morgan fingerprint density at radius 2 is 0.491 bits per heavy atom. The summed E-state index contributed by atoms with van der Waals surface area (Å²) in [5, 5.41) is 0.310. The molecular weight excluding hydrogens is 1400 g/mol. The van der Waals surface area contributed by atoms with Crippen LogP contribution in [0.4, 0.5) is 17.6 Å². The van der Waals surface area contributed by atoms with Crippen molar-refractivity contribution in [1.82, 2.24) is 0 Å². The summed E-state index contributed by atoms with van der Waals surface area (Å²) in [5.41, 5.74) is 13.7. The summed E-state index contributed by atoms with van der Waals surface area (Å²) in [6.07, 6.45) is -0.564. The van der Waals surface area contributed by atoms with Crippen LogP contribution >= 0.6 is 23.2 Å². The maximum Gasteiger partial charge on any atom is 0.192 e. The molecule has 4 atom stereocenters. The zero-order valence-corrected chi connectivity index (χ0v) is 72.4. The van der Waals surface area contributed by atoms with Crippen LogP contribution in [0.3, 0.4) is 0 Å². The molecule has 0 aromatic heterocycles. The van der Waals surface area contributed by atoms with Crippen LogP contribution in [0.2, 0.25) is 36.3 Å². The van der Waals surface area contributed by atoms with Crippen LogP contribution in [0.1, 0.15) is 221 Å². The van der Waals surface area contributed by atoms with Gasteiger partial charge in [0.05, 0.1) is 37.6 Å². The fraction of sp³-hybridized carbons (Fsp3) is 0.478. The first-order chi connectivity index (χ1) is 49.3. The Hall–Kier alpha value is -5.75. The fourth-order valence-electron chi connectivity index (χ4n) is 12.2. The van der Waals surface area contributed by atoms with Crippen molar-refractivity contribution in [2.45, 2.75) is 238 Å². The molecule has 0 unspecified atom stereocenters. The highest BCUT2D eigenvalue weighted by Crippen LogP contribution is 2.48. The minimum absolute atomic E-state index is 0.110. The van der Waals surface area contributed by atoms with Crippen molar-refractivity contribution in [1.29, 1.82) is 0 Å². The molecule has 0 amide bonds. The summed E-state index contributed by atoms with van der Waals surface area (Å²) in [7, 11) is -3.72. The second-order valence-electron chi connectivity index (χ2n) is 34.8. The maximum atomic E-state index is 14.7. The largest absolute Gasteiger partial charge is 0.413 e. The molecule has 8 rings (SSSR count). The van der Waals surface area contributed by atoms with E-state index in [9.17, 15) is 17.6 Å². The molecule has 0 saturated heterocycles. The lowest BCUT2D eigenvalue weighted by atomic mass is 9.81. The van der Waals surface area contributed by atoms with E-state index in [1.807, 2.05) is 113 Å². The standard InChI is InChI=1S/2C26H39FO2Si.2C20H24ClFO/c2*1-10-28-24(25(2,3)4)22-17-19(18-29-30(8,9)26(5,6)7)15-16-20(22)21-13-11-12-14-23(21)27;2*1-5-23-19(20(2,3)4)17-12-14(13-21)10-11-15(17)16-8-6-7-9-18(16)22/h2*11-17,24H,10,18H2,1-9H3;2*6-12,19H,5,13H2,1-4H3/t2*24-;2*19-/m1010/s1. The number of hydrogen-bond donors (Lipinski definition) is 0. The van der Waals surface area contributed by atoms with Gasteiger partial charge in [0.1, 0.15) is 23.3 Å². The zero-order chi connectivity index (χ0) is 79.6. The van der Waals surface area contributed by atoms with Crippen molar-refractivity contribution in [2.24, 2.45) is 21.7 Å². The quantitative estimate of drug-likeness (QED) is 0.0341. The van der Waals surface area contributed by atoms with E-state index in [1.54, 1.807) is 36.4 Å². The van der Waals surface area contributed by atoms with Crippen molar-refractivity contribution in [2.75, 3.05) is 26.4 Å². The molecule has 8 aromatic carbocycles. The number of rotatable bonds is 24. The second kappa shape index (κ2) is 39.2. The number of alkyl halides is 2. The molecule has 106 heavy (non-hydrogen) atoms. The molecule has 0 saturated carbocycles. The predicted octanol–water partition coefficient (Wildman–Crippen LogP) is 29.0. The Morgan fingerprint density at radius 3 is 0.670 bits per heavy atom. The molecule has 0 fully saturated rings. The normalized spacial score (nSPS) is 13.7. The van der Waals surface area contributed by atoms with Gasteiger partial charge in [0.2, 0.25) is 0 Å². The van der Waals surface area contributed by atoms with Crippen molar-refractivity contribution in [3.8, 4) is 44.5 Å². The van der Waals surface area contributed by atoms with Gasteiger partial charge in [-0.3, -0.25) is 0 Å². The molecule has 0 spiro atoms. The van der Waals surface area contributed by atoms with Gasteiger partial charge in [-0.15, -0.1) is 23.2 Å². The van der Waals surface area contributed by atoms with E-state index in [-0.39, 0.29) is 79.4 Å². The first-order valence-electron chi connectivity index (χ1n) is 37.7. The fourth-order valence-corrected chi connectivity index (χ4v) is 14.5. The maximum absolute atomic E-state index is 14.7. The summed E-state index contributed by atoms with van der Waals surface area (Å²) in [6, 6.07) is 52.0. The van der Waals surface area contributed by atoms with E-state index in [1.165, 1.54) is 24.3 Å². The number of ether oxygens (including phenoxy) is 4. The summed E-state index contributed by atoms with van der Waals surface area (Å²) in [4.78, 5) is 0. The third-order valence-electron chi connectivity index (χ3n) is 19.8. The molecule has 0 heterocycles. The molecule has 0 bridgehead atoms. The van der Waals surface area contributed by atoms with Gasteiger partial charge in [-0.2, -0.15) is 0 Å². The Labute approximate surface area is 649 Å². The van der Waals surface area contributed by atoms with Gasteiger partial charge in [0, 0.05) is 60.4 Å². The van der Waals surface area contributed by atoms with Crippen LogP contribution < -0.4 is 0 Å². The number of benzene rings is 8. The van der Waals surface area contributed by atoms with Gasteiger partial charge < -0.3 is 27.8 Å². The SMILES string of the molecule is CCO[C@@H](c1cc(CCl)ccc1-c1ccccc1F)C(C)(C)C.CCO[C@@H](c1cc(CO[Si](C)(C)C(C)(C)C)ccc1-c1ccccc1F)C(C)(C)C.CCO[C@H](c1cc(CCl)ccc1-c1ccccc1F)C(C)(C)C.CCO[C@H](c1cc(CO[Si](C)(C)C(C)(C)C)ccc1-c1ccccc1F)C(C)(C)C. The smallest absolute Gasteiger partial charge is 0.192 e. The first kappa shape index (κ1) is 90.9. The van der Waals surface area contributed by atoms with Crippen LogP contribution in [0, 0.1) is 44.9 Å². The third-order valence-corrected chi connectivity index (χ3v) is 29.4. The van der Waals surface area contributed by atoms with E-state index in [0.29, 0.717) is 73.7 Å². The lowest BCUT2D eigenvalue weighted by Gasteiger charge is -2.36. The summed E-state index contributed by atoms with van der Waals surface area (Å²) >= 11 is 12.0. The van der Waals surface area contributed by atoms with Gasteiger partial charge >= 0.3 is 0 Å². The minimum Gasteiger partial charge on any atom is -0.413 e. The van der Waals surface area contributed by atoms with E-state index in [4.69, 9.17) is 51.0 Å². The molecular formula is C92H126Cl2F4O6Si2. The number of halogens is 6. The molecule has 0 N–H and O–H groups in total. The average molecular weight is 1530 g/mol. The van der Waals surface area contributed by atoms with E-state index in [2.05, 4.69) is 175 Å². The Morgan fingerprint density at radius 1 is 0.292 bits per heavy atom. The highest BCUT2D eigenvalue weighted by Gasteiger charge is 2.40. The second-order valence-corrected chi connectivity index (χ2v) is 44.9. The van der Waals surface area contributed by atoms with Crippen molar-refractivity contribution < 1.29 is 45.4 Å². The number of hydrogen-bond acceptors (Lipinski definition) is 6. The van der Waals surface area contributed by atoms with Gasteiger partial charge in [-0.1, -0.05) is 270 Å². The van der Waals surface area contributed by atoms with Gasteiger partial charge in [0.25, 0.3) is 0 Å². The van der Waals surface area contributed by atoms with Crippen molar-refractivity contribution in [3.63, 3.8) is 0 Å². The van der Waals surface area contributed by atoms with Crippen LogP contribution in [-0.4, -0.2) is 43.1 Å². The monoisotopic (exact) mass is 1530 g/mol. The van der Waals surface area contributed by atoms with Gasteiger partial charge in [0.15, 0.2) is 16.6 Å². The van der Waals surface area contributed by atoms with Crippen LogP contribution in [-0.2, 0) is 52.8 Å². The van der Waals surface area contributed by atoms with Crippen LogP contribution in [0.25, 0.3) is 44.5 Å². The molecule has 0 aliphatic heterocycles. The van der Waals surface area contributed by atoms with Crippen molar-refractivity contribution in [3.05, 3.63) is 238 Å². The summed E-state index contributed by atoms with van der Waals surface area (Å²) < 4.78 is 95.3. The van der Waals surface area contributed by atoms with Crippen LogP contribution in [0.15, 0.2) is 170 Å². The Bertz CT molecular complexity index is 3800. The topological polar surface area (TPSA) is 55.4 Å². The van der Waals surface area contributed by atoms with Crippen molar-refractivity contribution >= 4 is 39.8 Å². The van der Waals surface area contributed by atoms with E-state index >= 15 is 0 Å². The minimum atomic E-state index is -1.86. The zero-order valence-electron chi connectivity index (χ0n) is 68.8. The van der Waals surface area contributed by atoms with Gasteiger partial charge in [-0.05, 0) is 177 Å². The highest BCUT2D eigenvalue weighted by atomic mass is 35.5. The Balaban J connectivity index is 0.000000256. The molecule has 0 aliphatic carbocycles. The van der Waals surface area contributed by atoms with Gasteiger partial charge in [-0.25, -0.2) is 17.6 Å². The third kappa shape index (κ3) is 25.1. The molecule has 0 aliphatic rings. The predicted molar refractivity (Wildman–Crippen MR) is 446 cm³/mol. The molecule has 14 heteroatoms. The lowest BCUT2D eigenvalue weighted by molar-refractivity contribution is -0.0129. The summed E-state index contributed by atoms with van der Waals surface area (Å²) in [6.45, 7) is 59.8. The first-order valence-corrected chi connectivity index (χ1v) is 44.6. The average Bonchev–Trinajstić information content (AvgIpc) is 0.798. The van der Waals surface area contributed by atoms with E-state index in [0.717, 1.165) is 66.8 Å². The molecule has 8 aromatic rings. The Kier molecular flexibility index (Phi) is 33.6. The summed E-state index contributed by atoms with van der Waals surface area (Å²) in [5.74, 6) is -0.0319. The highest BCUT2D eigenvalue weighted by molar-refractivity contribution is 6.74. The lowest BCUT2D eigenvalue weighted by Crippen LogP contribution is -2.40. The van der Waals surface area contributed by atoms with E-state index < -0.39 is 16.6 Å². The molecule has 580 valence electrons. The molecule has 6 nitrogen and oxygen atoms in total. The van der Waals surface area contributed by atoms with Crippen LogP contribution in [0.5, 0.6) is 0 Å².